The second-order valence-corrected chi connectivity index (χ2v) is 4.51. The molecule has 0 saturated heterocycles. The maximum atomic E-state index is 12.5. The van der Waals surface area contributed by atoms with Gasteiger partial charge in [-0.15, -0.1) is 0 Å². The first-order chi connectivity index (χ1) is 9.58. The van der Waals surface area contributed by atoms with Gasteiger partial charge in [0.15, 0.2) is 17.3 Å². The Morgan fingerprint density at radius 1 is 1.05 bits per heavy atom. The predicted octanol–water partition coefficient (Wildman–Crippen LogP) is 3.17. The Morgan fingerprint density at radius 2 is 1.65 bits per heavy atom. The fourth-order valence-electron chi connectivity index (χ4n) is 1.88. The first kappa shape index (κ1) is 14.2. The molecule has 0 spiro atoms. The number of halogens is 1. The molecule has 104 valence electrons. The maximum Gasteiger partial charge on any atom is 0.196 e. The molecule has 0 amide bonds. The van der Waals surface area contributed by atoms with Crippen LogP contribution in [0.4, 0.5) is 5.69 Å². The summed E-state index contributed by atoms with van der Waals surface area (Å²) in [5, 5.41) is 0.288. The van der Waals surface area contributed by atoms with Gasteiger partial charge in [-0.05, 0) is 18.2 Å². The van der Waals surface area contributed by atoms with Crippen LogP contribution in [0.3, 0.4) is 0 Å². The lowest BCUT2D eigenvalue weighted by molar-refractivity contribution is 0.103. The lowest BCUT2D eigenvalue weighted by Crippen LogP contribution is -2.06. The average Bonchev–Trinajstić information content (AvgIpc) is 2.46. The molecule has 0 aliphatic rings. The van der Waals surface area contributed by atoms with Crippen LogP contribution in [-0.4, -0.2) is 20.0 Å². The van der Waals surface area contributed by atoms with Crippen molar-refractivity contribution in [2.75, 3.05) is 20.0 Å². The molecule has 0 fully saturated rings. The number of anilines is 1. The van der Waals surface area contributed by atoms with E-state index in [1.807, 2.05) is 0 Å². The molecule has 2 N–H and O–H groups in total. The highest BCUT2D eigenvalue weighted by molar-refractivity contribution is 6.35. The monoisotopic (exact) mass is 291 g/mol. The van der Waals surface area contributed by atoms with Crippen molar-refractivity contribution in [3.05, 3.63) is 52.5 Å². The molecule has 2 aromatic carbocycles. The third-order valence-electron chi connectivity index (χ3n) is 2.92. The van der Waals surface area contributed by atoms with E-state index in [2.05, 4.69) is 0 Å². The van der Waals surface area contributed by atoms with E-state index in [1.165, 1.54) is 14.2 Å². The Hall–Kier alpha value is -2.20. The number of nitrogen functional groups attached to an aromatic ring is 1. The van der Waals surface area contributed by atoms with Crippen molar-refractivity contribution in [2.45, 2.75) is 0 Å². The lowest BCUT2D eigenvalue weighted by atomic mass is 10.0. The molecular weight excluding hydrogens is 278 g/mol. The van der Waals surface area contributed by atoms with Crippen molar-refractivity contribution in [1.82, 2.24) is 0 Å². The number of para-hydroxylation sites is 1. The van der Waals surface area contributed by atoms with Gasteiger partial charge in [-0.3, -0.25) is 4.79 Å². The molecule has 0 unspecified atom stereocenters. The first-order valence-corrected chi connectivity index (χ1v) is 6.27. The summed E-state index contributed by atoms with van der Waals surface area (Å²) in [6.45, 7) is 0. The molecule has 0 bridgehead atoms. The highest BCUT2D eigenvalue weighted by Gasteiger charge is 2.18. The van der Waals surface area contributed by atoms with Crippen LogP contribution in [0.1, 0.15) is 15.9 Å². The highest BCUT2D eigenvalue weighted by atomic mass is 35.5. The van der Waals surface area contributed by atoms with Gasteiger partial charge in [-0.1, -0.05) is 23.7 Å². The lowest BCUT2D eigenvalue weighted by Gasteiger charge is -2.11. The van der Waals surface area contributed by atoms with E-state index in [0.29, 0.717) is 28.3 Å². The molecule has 5 heteroatoms. The Labute approximate surface area is 122 Å². The normalized spacial score (nSPS) is 10.2. The fourth-order valence-corrected chi connectivity index (χ4v) is 2.12. The van der Waals surface area contributed by atoms with E-state index < -0.39 is 0 Å². The van der Waals surface area contributed by atoms with Crippen LogP contribution in [0.5, 0.6) is 11.5 Å². The van der Waals surface area contributed by atoms with Gasteiger partial charge in [0.05, 0.1) is 19.2 Å². The van der Waals surface area contributed by atoms with Gasteiger partial charge < -0.3 is 15.2 Å². The summed E-state index contributed by atoms with van der Waals surface area (Å²) < 4.78 is 10.3. The molecule has 0 heterocycles. The van der Waals surface area contributed by atoms with Gasteiger partial charge in [0.1, 0.15) is 0 Å². The number of nitrogens with two attached hydrogens (primary N) is 1. The minimum Gasteiger partial charge on any atom is -0.493 e. The molecule has 0 aliphatic heterocycles. The van der Waals surface area contributed by atoms with Crippen LogP contribution >= 0.6 is 11.6 Å². The number of carbonyl (C=O) groups is 1. The van der Waals surface area contributed by atoms with E-state index in [-0.39, 0.29) is 10.8 Å². The van der Waals surface area contributed by atoms with Crippen molar-refractivity contribution >= 4 is 23.1 Å². The minimum absolute atomic E-state index is 0.256. The number of hydrogen-bond acceptors (Lipinski definition) is 4. The van der Waals surface area contributed by atoms with Crippen LogP contribution in [0, 0.1) is 0 Å². The van der Waals surface area contributed by atoms with Gasteiger partial charge in [0.2, 0.25) is 0 Å². The summed E-state index contributed by atoms with van der Waals surface area (Å²) >= 11 is 6.14. The Morgan fingerprint density at radius 3 is 2.25 bits per heavy atom. The summed E-state index contributed by atoms with van der Waals surface area (Å²) in [5.74, 6) is 0.652. The minimum atomic E-state index is -0.256. The number of rotatable bonds is 4. The summed E-state index contributed by atoms with van der Waals surface area (Å²) in [5.41, 5.74) is 6.95. The number of ketones is 1. The van der Waals surface area contributed by atoms with E-state index >= 15 is 0 Å². The standard InChI is InChI=1S/C15H14ClNO3/c1-19-13-7-10(11(16)8-14(13)20-2)15(18)9-5-3-4-6-12(9)17/h3-8H,17H2,1-2H3. The van der Waals surface area contributed by atoms with E-state index in [9.17, 15) is 4.79 Å². The molecule has 2 aromatic rings. The molecule has 0 aromatic heterocycles. The largest absolute Gasteiger partial charge is 0.493 e. The second-order valence-electron chi connectivity index (χ2n) is 4.10. The van der Waals surface area contributed by atoms with E-state index in [4.69, 9.17) is 26.8 Å². The molecule has 0 saturated carbocycles. The van der Waals surface area contributed by atoms with Crippen LogP contribution < -0.4 is 15.2 Å². The molecule has 0 atom stereocenters. The highest BCUT2D eigenvalue weighted by Crippen LogP contribution is 2.34. The van der Waals surface area contributed by atoms with Crippen LogP contribution in [0.15, 0.2) is 36.4 Å². The third-order valence-corrected chi connectivity index (χ3v) is 3.24. The van der Waals surface area contributed by atoms with Crippen molar-refractivity contribution in [3.63, 3.8) is 0 Å². The predicted molar refractivity (Wildman–Crippen MR) is 78.8 cm³/mol. The molecule has 20 heavy (non-hydrogen) atoms. The van der Waals surface area contributed by atoms with E-state index in [0.717, 1.165) is 0 Å². The molecular formula is C15H14ClNO3. The van der Waals surface area contributed by atoms with Gasteiger partial charge in [0.25, 0.3) is 0 Å². The van der Waals surface area contributed by atoms with Gasteiger partial charge >= 0.3 is 0 Å². The Bertz CT molecular complexity index is 656. The first-order valence-electron chi connectivity index (χ1n) is 5.89. The number of benzene rings is 2. The van der Waals surface area contributed by atoms with Crippen molar-refractivity contribution in [3.8, 4) is 11.5 Å². The maximum absolute atomic E-state index is 12.5. The molecule has 0 aliphatic carbocycles. The van der Waals surface area contributed by atoms with Crippen molar-refractivity contribution < 1.29 is 14.3 Å². The topological polar surface area (TPSA) is 61.5 Å². The number of ether oxygens (including phenoxy) is 2. The van der Waals surface area contributed by atoms with Gasteiger partial charge in [0, 0.05) is 22.9 Å². The smallest absolute Gasteiger partial charge is 0.196 e. The van der Waals surface area contributed by atoms with Crippen molar-refractivity contribution in [2.24, 2.45) is 0 Å². The van der Waals surface area contributed by atoms with E-state index in [1.54, 1.807) is 36.4 Å². The van der Waals surface area contributed by atoms with Crippen LogP contribution in [-0.2, 0) is 0 Å². The zero-order chi connectivity index (χ0) is 14.7. The molecule has 4 nitrogen and oxygen atoms in total. The average molecular weight is 292 g/mol. The van der Waals surface area contributed by atoms with Crippen LogP contribution in [0.2, 0.25) is 5.02 Å². The third kappa shape index (κ3) is 2.56. The SMILES string of the molecule is COc1cc(Cl)c(C(=O)c2ccccc2N)cc1OC. The van der Waals surface area contributed by atoms with Gasteiger partial charge in [-0.2, -0.15) is 0 Å². The number of methoxy groups -OCH3 is 2. The Kier molecular flexibility index (Phi) is 4.15. The Balaban J connectivity index is 2.53. The summed E-state index contributed by atoms with van der Waals surface area (Å²) in [6.07, 6.45) is 0. The summed E-state index contributed by atoms with van der Waals surface area (Å²) in [4.78, 5) is 12.5. The summed E-state index contributed by atoms with van der Waals surface area (Å²) in [6, 6.07) is 9.94. The van der Waals surface area contributed by atoms with Crippen LogP contribution in [0.25, 0.3) is 0 Å². The molecule has 0 radical (unpaired) electrons. The number of hydrogen-bond donors (Lipinski definition) is 1. The fraction of sp³-hybridized carbons (Fsp3) is 0.133. The zero-order valence-corrected chi connectivity index (χ0v) is 11.9. The quantitative estimate of drug-likeness (QED) is 0.694. The zero-order valence-electron chi connectivity index (χ0n) is 11.1. The van der Waals surface area contributed by atoms with Crippen molar-refractivity contribution in [1.29, 1.82) is 0 Å². The summed E-state index contributed by atoms with van der Waals surface area (Å²) in [7, 11) is 3.00. The molecule has 2 rings (SSSR count). The van der Waals surface area contributed by atoms with Gasteiger partial charge in [-0.25, -0.2) is 0 Å². The second kappa shape index (κ2) is 5.84. The number of carbonyl (C=O) groups excluding carboxylic acids is 1.